The van der Waals surface area contributed by atoms with E-state index in [0.29, 0.717) is 11.3 Å². The molecular formula is C22H23N3O5. The Morgan fingerprint density at radius 2 is 1.70 bits per heavy atom. The number of primary amides is 1. The first-order valence-electron chi connectivity index (χ1n) is 9.48. The number of morpholine rings is 1. The number of benzene rings is 2. The first-order valence-corrected chi connectivity index (χ1v) is 9.48. The van der Waals surface area contributed by atoms with Crippen LogP contribution in [0.4, 0.5) is 11.4 Å². The van der Waals surface area contributed by atoms with Crippen LogP contribution in [0.5, 0.6) is 0 Å². The highest BCUT2D eigenvalue weighted by atomic mass is 16.5. The molecule has 2 aromatic carbocycles. The molecule has 156 valence electrons. The summed E-state index contributed by atoms with van der Waals surface area (Å²) >= 11 is 0. The maximum atomic E-state index is 11.9. The topological polar surface area (TPSA) is 111 Å². The summed E-state index contributed by atoms with van der Waals surface area (Å²) in [6.07, 6.45) is 2.91. The van der Waals surface area contributed by atoms with E-state index in [4.69, 9.17) is 15.2 Å². The standard InChI is InChI=1S/C22H23N3O5/c23-22(28)17-4-6-18(7-5-17)24-20(26)15-30-21(27)10-3-16-1-8-19(9-2-16)25-11-13-29-14-12-25/h1-10H,11-15H2,(H2,23,28)(H,24,26)/b10-3+. The van der Waals surface area contributed by atoms with Crippen molar-refractivity contribution in [1.82, 2.24) is 0 Å². The van der Waals surface area contributed by atoms with Gasteiger partial charge in [0.2, 0.25) is 5.91 Å². The third-order valence-corrected chi connectivity index (χ3v) is 4.48. The Morgan fingerprint density at radius 1 is 1.03 bits per heavy atom. The van der Waals surface area contributed by atoms with Gasteiger partial charge in [-0.15, -0.1) is 0 Å². The molecule has 1 heterocycles. The number of rotatable bonds is 7. The fourth-order valence-electron chi connectivity index (χ4n) is 2.88. The molecule has 0 spiro atoms. The van der Waals surface area contributed by atoms with Crippen molar-refractivity contribution >= 4 is 35.2 Å². The molecule has 0 unspecified atom stereocenters. The predicted octanol–water partition coefficient (Wildman–Crippen LogP) is 1.82. The average Bonchev–Trinajstić information content (AvgIpc) is 2.77. The van der Waals surface area contributed by atoms with E-state index < -0.39 is 24.4 Å². The minimum atomic E-state index is -0.619. The molecular weight excluding hydrogens is 386 g/mol. The fourth-order valence-corrected chi connectivity index (χ4v) is 2.88. The van der Waals surface area contributed by atoms with Crippen molar-refractivity contribution in [3.63, 3.8) is 0 Å². The van der Waals surface area contributed by atoms with Gasteiger partial charge in [-0.1, -0.05) is 12.1 Å². The number of hydrogen-bond donors (Lipinski definition) is 2. The van der Waals surface area contributed by atoms with Gasteiger partial charge in [0.15, 0.2) is 6.61 Å². The number of ether oxygens (including phenoxy) is 2. The van der Waals surface area contributed by atoms with Gasteiger partial charge in [-0.05, 0) is 48.0 Å². The Balaban J connectivity index is 1.43. The SMILES string of the molecule is NC(=O)c1ccc(NC(=O)COC(=O)/C=C/c2ccc(N3CCOCC3)cc2)cc1. The molecule has 0 saturated carbocycles. The Kier molecular flexibility index (Phi) is 7.18. The summed E-state index contributed by atoms with van der Waals surface area (Å²) in [6.45, 7) is 2.74. The van der Waals surface area contributed by atoms with Gasteiger partial charge in [0.05, 0.1) is 13.2 Å². The molecule has 8 nitrogen and oxygen atoms in total. The van der Waals surface area contributed by atoms with E-state index in [9.17, 15) is 14.4 Å². The number of carbonyl (C=O) groups excluding carboxylic acids is 3. The van der Waals surface area contributed by atoms with Gasteiger partial charge in [0.1, 0.15) is 0 Å². The second-order valence-electron chi connectivity index (χ2n) is 6.62. The van der Waals surface area contributed by atoms with Crippen LogP contribution >= 0.6 is 0 Å². The van der Waals surface area contributed by atoms with Crippen molar-refractivity contribution in [1.29, 1.82) is 0 Å². The quantitative estimate of drug-likeness (QED) is 0.533. The highest BCUT2D eigenvalue weighted by Gasteiger charge is 2.10. The van der Waals surface area contributed by atoms with Gasteiger partial charge in [-0.3, -0.25) is 9.59 Å². The smallest absolute Gasteiger partial charge is 0.331 e. The van der Waals surface area contributed by atoms with Crippen LogP contribution in [-0.2, 0) is 19.1 Å². The molecule has 3 N–H and O–H groups in total. The number of nitrogens with zero attached hydrogens (tertiary/aromatic N) is 1. The molecule has 0 radical (unpaired) electrons. The van der Waals surface area contributed by atoms with E-state index in [1.54, 1.807) is 18.2 Å². The van der Waals surface area contributed by atoms with Gasteiger partial charge in [-0.2, -0.15) is 0 Å². The third-order valence-electron chi connectivity index (χ3n) is 4.48. The van der Waals surface area contributed by atoms with Crippen molar-refractivity contribution in [3.8, 4) is 0 Å². The third kappa shape index (κ3) is 6.18. The molecule has 1 fully saturated rings. The summed E-state index contributed by atoms with van der Waals surface area (Å²) in [4.78, 5) is 37.0. The first-order chi connectivity index (χ1) is 14.5. The number of nitrogens with two attached hydrogens (primary N) is 1. The lowest BCUT2D eigenvalue weighted by Crippen LogP contribution is -2.36. The summed E-state index contributed by atoms with van der Waals surface area (Å²) in [5, 5.41) is 2.57. The van der Waals surface area contributed by atoms with Crippen LogP contribution in [0.15, 0.2) is 54.6 Å². The lowest BCUT2D eigenvalue weighted by Gasteiger charge is -2.28. The number of nitrogens with one attached hydrogen (secondary N) is 1. The lowest BCUT2D eigenvalue weighted by atomic mass is 10.1. The first kappa shape index (κ1) is 21.1. The van der Waals surface area contributed by atoms with Crippen LogP contribution in [0.1, 0.15) is 15.9 Å². The van der Waals surface area contributed by atoms with Crippen molar-refractivity contribution in [2.24, 2.45) is 5.73 Å². The summed E-state index contributed by atoms with van der Waals surface area (Å²) in [5.74, 6) is -1.66. The van der Waals surface area contributed by atoms with E-state index in [-0.39, 0.29) is 0 Å². The number of hydrogen-bond acceptors (Lipinski definition) is 6. The number of esters is 1. The zero-order chi connectivity index (χ0) is 21.3. The lowest BCUT2D eigenvalue weighted by molar-refractivity contribution is -0.142. The Hall–Kier alpha value is -3.65. The molecule has 30 heavy (non-hydrogen) atoms. The predicted molar refractivity (Wildman–Crippen MR) is 113 cm³/mol. The Labute approximate surface area is 174 Å². The van der Waals surface area contributed by atoms with Crippen LogP contribution in [0.25, 0.3) is 6.08 Å². The molecule has 0 atom stereocenters. The molecule has 1 aliphatic heterocycles. The van der Waals surface area contributed by atoms with Crippen molar-refractivity contribution in [2.75, 3.05) is 43.1 Å². The fraction of sp³-hybridized carbons (Fsp3) is 0.227. The summed E-state index contributed by atoms with van der Waals surface area (Å²) in [5.41, 5.74) is 7.93. The minimum Gasteiger partial charge on any atom is -0.452 e. The van der Waals surface area contributed by atoms with Crippen LogP contribution in [0, 0.1) is 0 Å². The van der Waals surface area contributed by atoms with Crippen molar-refractivity contribution in [3.05, 3.63) is 65.7 Å². The molecule has 1 aliphatic rings. The highest BCUT2D eigenvalue weighted by Crippen LogP contribution is 2.17. The van der Waals surface area contributed by atoms with Gasteiger partial charge in [0.25, 0.3) is 5.91 Å². The number of amides is 2. The molecule has 8 heteroatoms. The number of carbonyl (C=O) groups is 3. The van der Waals surface area contributed by atoms with Gasteiger partial charge in [-0.25, -0.2) is 4.79 Å². The summed E-state index contributed by atoms with van der Waals surface area (Å²) in [7, 11) is 0. The molecule has 2 amide bonds. The van der Waals surface area contributed by atoms with Gasteiger partial charge in [0, 0.05) is 36.1 Å². The van der Waals surface area contributed by atoms with E-state index >= 15 is 0 Å². The van der Waals surface area contributed by atoms with Gasteiger partial charge < -0.3 is 25.4 Å². The van der Waals surface area contributed by atoms with Crippen molar-refractivity contribution < 1.29 is 23.9 Å². The summed E-state index contributed by atoms with van der Waals surface area (Å²) < 4.78 is 10.3. The normalized spacial score (nSPS) is 13.8. The molecule has 0 aliphatic carbocycles. The van der Waals surface area contributed by atoms with Crippen LogP contribution in [-0.4, -0.2) is 50.7 Å². The van der Waals surface area contributed by atoms with Gasteiger partial charge >= 0.3 is 5.97 Å². The molecule has 1 saturated heterocycles. The minimum absolute atomic E-state index is 0.336. The second kappa shape index (κ2) is 10.2. The zero-order valence-corrected chi connectivity index (χ0v) is 16.4. The van der Waals surface area contributed by atoms with E-state index in [1.807, 2.05) is 24.3 Å². The molecule has 0 bridgehead atoms. The number of anilines is 2. The van der Waals surface area contributed by atoms with Crippen molar-refractivity contribution in [2.45, 2.75) is 0 Å². The Morgan fingerprint density at radius 3 is 2.33 bits per heavy atom. The molecule has 2 aromatic rings. The molecule has 0 aromatic heterocycles. The maximum absolute atomic E-state index is 11.9. The monoisotopic (exact) mass is 409 g/mol. The Bertz CT molecular complexity index is 917. The van der Waals surface area contributed by atoms with Crippen LogP contribution < -0.4 is 16.0 Å². The summed E-state index contributed by atoms with van der Waals surface area (Å²) in [6, 6.07) is 13.9. The van der Waals surface area contributed by atoms with E-state index in [2.05, 4.69) is 10.2 Å². The van der Waals surface area contributed by atoms with E-state index in [0.717, 1.165) is 37.6 Å². The largest absolute Gasteiger partial charge is 0.452 e. The highest BCUT2D eigenvalue weighted by molar-refractivity contribution is 5.96. The average molecular weight is 409 g/mol. The zero-order valence-electron chi connectivity index (χ0n) is 16.4. The van der Waals surface area contributed by atoms with Crippen LogP contribution in [0.2, 0.25) is 0 Å². The second-order valence-corrected chi connectivity index (χ2v) is 6.62. The van der Waals surface area contributed by atoms with Crippen LogP contribution in [0.3, 0.4) is 0 Å². The maximum Gasteiger partial charge on any atom is 0.331 e. The molecule has 3 rings (SSSR count). The van der Waals surface area contributed by atoms with E-state index in [1.165, 1.54) is 18.2 Å².